The number of hydrogen-bond donors (Lipinski definition) is 1. The van der Waals surface area contributed by atoms with Gasteiger partial charge in [0.1, 0.15) is 11.6 Å². The third-order valence-corrected chi connectivity index (χ3v) is 7.87. The van der Waals surface area contributed by atoms with E-state index in [0.29, 0.717) is 41.8 Å². The number of rotatable bonds is 7. The van der Waals surface area contributed by atoms with E-state index in [-0.39, 0.29) is 0 Å². The van der Waals surface area contributed by atoms with Crippen LogP contribution in [0.1, 0.15) is 41.1 Å². The number of sulfonamides is 1. The Morgan fingerprint density at radius 1 is 0.938 bits per heavy atom. The highest BCUT2D eigenvalue weighted by Crippen LogP contribution is 2.24. The van der Waals surface area contributed by atoms with Crippen molar-refractivity contribution in [3.63, 3.8) is 0 Å². The largest absolute Gasteiger partial charge is 0.366 e. The Labute approximate surface area is 194 Å². The predicted octanol–water partition coefficient (Wildman–Crippen LogP) is 4.73. The molecule has 8 heteroatoms. The lowest BCUT2D eigenvalue weighted by molar-refractivity contribution is 0.477. The van der Waals surface area contributed by atoms with Gasteiger partial charge in [0.25, 0.3) is 0 Å². The van der Waals surface area contributed by atoms with Gasteiger partial charge in [-0.3, -0.25) is 0 Å². The molecule has 6 nitrogen and oxygen atoms in total. The lowest BCUT2D eigenvalue weighted by Crippen LogP contribution is -2.27. The molecule has 4 rings (SSSR count). The van der Waals surface area contributed by atoms with Crippen molar-refractivity contribution < 1.29 is 8.42 Å². The summed E-state index contributed by atoms with van der Waals surface area (Å²) in [6.45, 7) is 5.61. The molecule has 0 saturated carbocycles. The van der Waals surface area contributed by atoms with Crippen LogP contribution < -0.4 is 5.32 Å². The number of aryl methyl sites for hydroxylation is 2. The molecule has 0 amide bonds. The second-order valence-corrected chi connectivity index (χ2v) is 10.5. The molecule has 1 N–H and O–H groups in total. The van der Waals surface area contributed by atoms with Crippen molar-refractivity contribution in [1.29, 1.82) is 0 Å². The van der Waals surface area contributed by atoms with Crippen LogP contribution >= 0.6 is 11.6 Å². The lowest BCUT2D eigenvalue weighted by Gasteiger charge is -2.16. The molecule has 1 aliphatic rings. The summed E-state index contributed by atoms with van der Waals surface area (Å²) in [5, 5.41) is 4.13. The van der Waals surface area contributed by atoms with Gasteiger partial charge >= 0.3 is 0 Å². The van der Waals surface area contributed by atoms with Gasteiger partial charge in [0.15, 0.2) is 0 Å². The quantitative estimate of drug-likeness (QED) is 0.540. The van der Waals surface area contributed by atoms with Crippen LogP contribution in [-0.2, 0) is 23.0 Å². The smallest absolute Gasteiger partial charge is 0.243 e. The maximum absolute atomic E-state index is 12.7. The molecule has 168 valence electrons. The van der Waals surface area contributed by atoms with Gasteiger partial charge in [-0.25, -0.2) is 18.4 Å². The third-order valence-electron chi connectivity index (χ3n) is 5.71. The summed E-state index contributed by atoms with van der Waals surface area (Å²) in [6.07, 6.45) is 2.55. The van der Waals surface area contributed by atoms with Crippen molar-refractivity contribution in [2.24, 2.45) is 0 Å². The van der Waals surface area contributed by atoms with Crippen molar-refractivity contribution >= 4 is 27.4 Å². The van der Waals surface area contributed by atoms with E-state index in [4.69, 9.17) is 11.6 Å². The summed E-state index contributed by atoms with van der Waals surface area (Å²) in [4.78, 5) is 9.50. The minimum atomic E-state index is -3.40. The van der Waals surface area contributed by atoms with Gasteiger partial charge < -0.3 is 5.32 Å². The van der Waals surface area contributed by atoms with Gasteiger partial charge in [-0.1, -0.05) is 35.9 Å². The first-order valence-electron chi connectivity index (χ1n) is 10.7. The normalized spacial score (nSPS) is 14.6. The van der Waals surface area contributed by atoms with Gasteiger partial charge in [-0.2, -0.15) is 4.31 Å². The molecule has 0 radical (unpaired) electrons. The average molecular weight is 471 g/mol. The first kappa shape index (κ1) is 22.7. The van der Waals surface area contributed by atoms with Gasteiger partial charge in [0, 0.05) is 42.3 Å². The third kappa shape index (κ3) is 5.11. The maximum atomic E-state index is 12.7. The van der Waals surface area contributed by atoms with E-state index in [1.807, 2.05) is 50.2 Å². The van der Waals surface area contributed by atoms with Crippen LogP contribution in [0, 0.1) is 13.8 Å². The molecular weight excluding hydrogens is 444 g/mol. The topological polar surface area (TPSA) is 75.2 Å². The number of anilines is 1. The number of hydrogen-bond acceptors (Lipinski definition) is 5. The SMILES string of the molecule is Cc1nc(C)c(Cc2ccc(Cl)cc2)c(NCc2ccc(S(=O)(=O)N3CCCC3)cc2)n1. The van der Waals surface area contributed by atoms with Gasteiger partial charge in [0.2, 0.25) is 10.0 Å². The number of nitrogens with one attached hydrogen (secondary N) is 1. The first-order valence-corrected chi connectivity index (χ1v) is 12.6. The molecular formula is C24H27ClN4O2S. The highest BCUT2D eigenvalue weighted by atomic mass is 35.5. The van der Waals surface area contributed by atoms with E-state index in [1.165, 1.54) is 0 Å². The maximum Gasteiger partial charge on any atom is 0.243 e. The van der Waals surface area contributed by atoms with E-state index in [0.717, 1.165) is 41.0 Å². The molecule has 0 spiro atoms. The van der Waals surface area contributed by atoms with E-state index in [2.05, 4.69) is 15.3 Å². The van der Waals surface area contributed by atoms with Crippen LogP contribution in [0.15, 0.2) is 53.4 Å². The first-order chi connectivity index (χ1) is 15.3. The minimum absolute atomic E-state index is 0.348. The standard InChI is InChI=1S/C24H27ClN4O2S/c1-17-23(15-19-5-9-21(25)10-6-19)24(28-18(2)27-17)26-16-20-7-11-22(12-8-20)32(30,31)29-13-3-4-14-29/h5-12H,3-4,13-16H2,1-2H3,(H,26,27,28). The van der Waals surface area contributed by atoms with Gasteiger partial charge in [0.05, 0.1) is 4.90 Å². The summed E-state index contributed by atoms with van der Waals surface area (Å²) in [5.74, 6) is 1.50. The molecule has 0 aliphatic carbocycles. The zero-order valence-corrected chi connectivity index (χ0v) is 19.9. The monoisotopic (exact) mass is 470 g/mol. The Hall–Kier alpha value is -2.48. The van der Waals surface area contributed by atoms with E-state index >= 15 is 0 Å². The van der Waals surface area contributed by atoms with Crippen molar-refractivity contribution in [2.75, 3.05) is 18.4 Å². The van der Waals surface area contributed by atoms with Crippen LogP contribution in [0.2, 0.25) is 5.02 Å². The molecule has 1 aromatic heterocycles. The number of benzene rings is 2. The van der Waals surface area contributed by atoms with Crippen molar-refractivity contribution in [2.45, 2.75) is 44.6 Å². The molecule has 2 aromatic carbocycles. The Balaban J connectivity index is 1.50. The fourth-order valence-corrected chi connectivity index (χ4v) is 5.59. The van der Waals surface area contributed by atoms with Crippen LogP contribution in [0.5, 0.6) is 0 Å². The Bertz CT molecular complexity index is 1190. The summed E-state index contributed by atoms with van der Waals surface area (Å²) in [5.41, 5.74) is 4.08. The van der Waals surface area contributed by atoms with Crippen molar-refractivity contribution in [3.8, 4) is 0 Å². The van der Waals surface area contributed by atoms with Crippen molar-refractivity contribution in [1.82, 2.24) is 14.3 Å². The van der Waals surface area contributed by atoms with E-state index < -0.39 is 10.0 Å². The van der Waals surface area contributed by atoms with Crippen molar-refractivity contribution in [3.05, 3.63) is 81.8 Å². The van der Waals surface area contributed by atoms with Gasteiger partial charge in [-0.05, 0) is 62.1 Å². The summed E-state index contributed by atoms with van der Waals surface area (Å²) >= 11 is 6.01. The van der Waals surface area contributed by atoms with E-state index in [9.17, 15) is 8.42 Å². The predicted molar refractivity (Wildman–Crippen MR) is 128 cm³/mol. The molecule has 3 aromatic rings. The summed E-state index contributed by atoms with van der Waals surface area (Å²) in [6, 6.07) is 14.9. The summed E-state index contributed by atoms with van der Waals surface area (Å²) in [7, 11) is -3.40. The van der Waals surface area contributed by atoms with Crippen LogP contribution in [0.4, 0.5) is 5.82 Å². The number of nitrogens with zero attached hydrogens (tertiary/aromatic N) is 3. The molecule has 1 aliphatic heterocycles. The zero-order chi connectivity index (χ0) is 22.7. The number of aromatic nitrogens is 2. The fraction of sp³-hybridized carbons (Fsp3) is 0.333. The lowest BCUT2D eigenvalue weighted by atomic mass is 10.0. The molecule has 32 heavy (non-hydrogen) atoms. The van der Waals surface area contributed by atoms with Gasteiger partial charge in [-0.15, -0.1) is 0 Å². The molecule has 0 atom stereocenters. The molecule has 1 fully saturated rings. The Kier molecular flexibility index (Phi) is 6.79. The molecule has 0 bridgehead atoms. The highest BCUT2D eigenvalue weighted by Gasteiger charge is 2.26. The Morgan fingerprint density at radius 3 is 2.22 bits per heavy atom. The average Bonchev–Trinajstić information content (AvgIpc) is 3.32. The zero-order valence-electron chi connectivity index (χ0n) is 18.3. The van der Waals surface area contributed by atoms with Crippen LogP contribution in [0.3, 0.4) is 0 Å². The summed E-state index contributed by atoms with van der Waals surface area (Å²) < 4.78 is 27.0. The van der Waals surface area contributed by atoms with Crippen LogP contribution in [0.25, 0.3) is 0 Å². The second kappa shape index (κ2) is 9.57. The van der Waals surface area contributed by atoms with E-state index in [1.54, 1.807) is 16.4 Å². The fourth-order valence-electron chi connectivity index (χ4n) is 3.94. The Morgan fingerprint density at radius 2 is 1.56 bits per heavy atom. The molecule has 0 unspecified atom stereocenters. The molecule has 1 saturated heterocycles. The highest BCUT2D eigenvalue weighted by molar-refractivity contribution is 7.89. The second-order valence-electron chi connectivity index (χ2n) is 8.10. The van der Waals surface area contributed by atoms with Crippen LogP contribution in [-0.4, -0.2) is 35.8 Å². The molecule has 2 heterocycles. The number of halogens is 1. The minimum Gasteiger partial charge on any atom is -0.366 e.